The van der Waals surface area contributed by atoms with Gasteiger partial charge in [0.25, 0.3) is 5.91 Å². The van der Waals surface area contributed by atoms with Crippen LogP contribution in [-0.2, 0) is 14.8 Å². The fraction of sp³-hybridized carbons (Fsp3) is 0.737. The molecule has 1 amide bonds. The van der Waals surface area contributed by atoms with Gasteiger partial charge in [-0.05, 0) is 57.3 Å². The molecule has 3 heterocycles. The Morgan fingerprint density at radius 2 is 1.93 bits per heavy atom. The van der Waals surface area contributed by atoms with E-state index in [4.69, 9.17) is 4.74 Å². The van der Waals surface area contributed by atoms with Crippen LogP contribution in [0.25, 0.3) is 0 Å². The average molecular weight is 413 g/mol. The van der Waals surface area contributed by atoms with Gasteiger partial charge in [-0.25, -0.2) is 8.42 Å². The van der Waals surface area contributed by atoms with Crippen LogP contribution in [0.2, 0.25) is 0 Å². The molecule has 1 aromatic rings. The monoisotopic (exact) mass is 412 g/mol. The molecule has 0 aliphatic carbocycles. The number of piperidine rings is 1. The topological polar surface area (TPSA) is 94.7 Å². The summed E-state index contributed by atoms with van der Waals surface area (Å²) < 4.78 is 31.8. The normalized spacial score (nSPS) is 20.3. The lowest BCUT2D eigenvalue weighted by Gasteiger charge is -2.30. The summed E-state index contributed by atoms with van der Waals surface area (Å²) in [4.78, 5) is 17.7. The number of nitrogens with one attached hydrogen (secondary N) is 2. The molecule has 9 heteroatoms. The first-order chi connectivity index (χ1) is 13.5. The number of amides is 1. The van der Waals surface area contributed by atoms with E-state index in [-0.39, 0.29) is 16.5 Å². The van der Waals surface area contributed by atoms with Crippen molar-refractivity contribution in [2.75, 3.05) is 52.5 Å². The number of aromatic nitrogens is 1. The number of morpholine rings is 1. The molecular weight excluding hydrogens is 380 g/mol. The second-order valence-corrected chi connectivity index (χ2v) is 9.69. The zero-order valence-corrected chi connectivity index (χ0v) is 17.5. The first-order valence-electron chi connectivity index (χ1n) is 10.2. The third kappa shape index (κ3) is 5.56. The smallest absolute Gasteiger partial charge is 0.267 e. The fourth-order valence-electron chi connectivity index (χ4n) is 3.63. The molecule has 0 spiro atoms. The van der Waals surface area contributed by atoms with Gasteiger partial charge in [-0.3, -0.25) is 4.79 Å². The SMILES string of the molecule is CC1CCN(CCCCNC(=O)c2cc(S(=O)(=O)N3CCOCC3)c[nH]2)CC1. The van der Waals surface area contributed by atoms with Crippen LogP contribution in [-0.4, -0.2) is 81.0 Å². The van der Waals surface area contributed by atoms with Crippen molar-refractivity contribution < 1.29 is 17.9 Å². The van der Waals surface area contributed by atoms with E-state index in [0.717, 1.165) is 25.3 Å². The molecule has 3 rings (SSSR count). The maximum atomic E-state index is 12.6. The number of rotatable bonds is 8. The number of sulfonamides is 1. The Labute approximate surface area is 167 Å². The number of hydrogen-bond acceptors (Lipinski definition) is 5. The first kappa shape index (κ1) is 21.3. The molecular formula is C19H32N4O4S. The summed E-state index contributed by atoms with van der Waals surface area (Å²) in [5.41, 5.74) is 0.275. The average Bonchev–Trinajstić information content (AvgIpc) is 3.21. The van der Waals surface area contributed by atoms with Gasteiger partial charge >= 0.3 is 0 Å². The van der Waals surface area contributed by atoms with Crippen molar-refractivity contribution in [2.24, 2.45) is 5.92 Å². The molecule has 0 aromatic carbocycles. The molecule has 158 valence electrons. The lowest BCUT2D eigenvalue weighted by molar-refractivity contribution is 0.0730. The quantitative estimate of drug-likeness (QED) is 0.627. The summed E-state index contributed by atoms with van der Waals surface area (Å²) in [6.07, 6.45) is 5.91. The minimum absolute atomic E-state index is 0.124. The van der Waals surface area contributed by atoms with Crippen LogP contribution in [0.15, 0.2) is 17.2 Å². The molecule has 2 aliphatic heterocycles. The fourth-order valence-corrected chi connectivity index (χ4v) is 5.04. The van der Waals surface area contributed by atoms with E-state index in [1.165, 1.54) is 42.5 Å². The van der Waals surface area contributed by atoms with Gasteiger partial charge in [0, 0.05) is 25.8 Å². The highest BCUT2D eigenvalue weighted by Gasteiger charge is 2.27. The molecule has 2 saturated heterocycles. The Bertz CT molecular complexity index is 735. The Morgan fingerprint density at radius 3 is 2.64 bits per heavy atom. The van der Waals surface area contributed by atoms with E-state index in [1.54, 1.807) is 0 Å². The molecule has 2 fully saturated rings. The van der Waals surface area contributed by atoms with Crippen LogP contribution in [0.5, 0.6) is 0 Å². The van der Waals surface area contributed by atoms with Gasteiger partial charge in [0.15, 0.2) is 0 Å². The molecule has 2 aliphatic rings. The molecule has 0 atom stereocenters. The standard InChI is InChI=1S/C19H32N4O4S/c1-16-4-8-22(9-5-16)7-3-2-6-20-19(24)18-14-17(15-21-18)28(25,26)23-10-12-27-13-11-23/h14-16,21H,2-13H2,1H3,(H,20,24). The molecule has 1 aromatic heterocycles. The number of hydrogen-bond donors (Lipinski definition) is 2. The number of H-pyrrole nitrogens is 1. The minimum Gasteiger partial charge on any atom is -0.379 e. The maximum Gasteiger partial charge on any atom is 0.267 e. The van der Waals surface area contributed by atoms with Crippen molar-refractivity contribution in [3.8, 4) is 0 Å². The van der Waals surface area contributed by atoms with Crippen LogP contribution in [0.1, 0.15) is 43.1 Å². The summed E-state index contributed by atoms with van der Waals surface area (Å²) in [5.74, 6) is 0.573. The van der Waals surface area contributed by atoms with Gasteiger partial charge in [-0.1, -0.05) is 6.92 Å². The summed E-state index contributed by atoms with van der Waals surface area (Å²) in [7, 11) is -3.58. The third-order valence-corrected chi connectivity index (χ3v) is 7.45. The van der Waals surface area contributed by atoms with E-state index in [0.29, 0.717) is 32.8 Å². The summed E-state index contributed by atoms with van der Waals surface area (Å²) in [6, 6.07) is 1.41. The lowest BCUT2D eigenvalue weighted by Crippen LogP contribution is -2.40. The van der Waals surface area contributed by atoms with E-state index in [9.17, 15) is 13.2 Å². The van der Waals surface area contributed by atoms with Gasteiger partial charge in [-0.2, -0.15) is 4.31 Å². The van der Waals surface area contributed by atoms with Crippen LogP contribution in [0.3, 0.4) is 0 Å². The lowest BCUT2D eigenvalue weighted by atomic mass is 9.99. The predicted molar refractivity (Wildman–Crippen MR) is 107 cm³/mol. The molecule has 0 radical (unpaired) electrons. The molecule has 0 bridgehead atoms. The minimum atomic E-state index is -3.58. The number of unbranched alkanes of at least 4 members (excludes halogenated alkanes) is 1. The van der Waals surface area contributed by atoms with Gasteiger partial charge in [-0.15, -0.1) is 0 Å². The van der Waals surface area contributed by atoms with Crippen molar-refractivity contribution in [3.63, 3.8) is 0 Å². The van der Waals surface area contributed by atoms with Crippen LogP contribution >= 0.6 is 0 Å². The third-order valence-electron chi connectivity index (χ3n) is 5.57. The Kier molecular flexibility index (Phi) is 7.50. The van der Waals surface area contributed by atoms with E-state index in [2.05, 4.69) is 22.1 Å². The van der Waals surface area contributed by atoms with Crippen LogP contribution < -0.4 is 5.32 Å². The zero-order valence-electron chi connectivity index (χ0n) is 16.7. The van der Waals surface area contributed by atoms with Crippen molar-refractivity contribution in [1.82, 2.24) is 19.5 Å². The molecule has 2 N–H and O–H groups in total. The van der Waals surface area contributed by atoms with Gasteiger partial charge in [0.2, 0.25) is 10.0 Å². The molecule has 0 unspecified atom stereocenters. The number of likely N-dealkylation sites (tertiary alicyclic amines) is 1. The highest BCUT2D eigenvalue weighted by atomic mass is 32.2. The predicted octanol–water partition coefficient (Wildman–Crippen LogP) is 1.28. The van der Waals surface area contributed by atoms with E-state index < -0.39 is 10.0 Å². The maximum absolute atomic E-state index is 12.6. The number of carbonyl (C=O) groups excluding carboxylic acids is 1. The van der Waals surface area contributed by atoms with Crippen molar-refractivity contribution in [3.05, 3.63) is 18.0 Å². The van der Waals surface area contributed by atoms with Crippen LogP contribution in [0.4, 0.5) is 0 Å². The number of carbonyl (C=O) groups is 1. The highest BCUT2D eigenvalue weighted by molar-refractivity contribution is 7.89. The molecule has 8 nitrogen and oxygen atoms in total. The second-order valence-electron chi connectivity index (χ2n) is 7.75. The summed E-state index contributed by atoms with van der Waals surface area (Å²) >= 11 is 0. The molecule has 28 heavy (non-hydrogen) atoms. The largest absolute Gasteiger partial charge is 0.379 e. The highest BCUT2D eigenvalue weighted by Crippen LogP contribution is 2.18. The summed E-state index contributed by atoms with van der Waals surface area (Å²) in [5, 5.41) is 2.87. The van der Waals surface area contributed by atoms with Crippen molar-refractivity contribution >= 4 is 15.9 Å². The van der Waals surface area contributed by atoms with Crippen molar-refractivity contribution in [2.45, 2.75) is 37.5 Å². The molecule has 0 saturated carbocycles. The van der Waals surface area contributed by atoms with Gasteiger partial charge in [0.05, 0.1) is 13.2 Å². The number of nitrogens with zero attached hydrogens (tertiary/aromatic N) is 2. The number of ether oxygens (including phenoxy) is 1. The van der Waals surface area contributed by atoms with Crippen LogP contribution in [0, 0.1) is 5.92 Å². The first-order valence-corrected chi connectivity index (χ1v) is 11.7. The zero-order chi connectivity index (χ0) is 20.0. The number of aromatic amines is 1. The Hall–Kier alpha value is -1.42. The van der Waals surface area contributed by atoms with E-state index >= 15 is 0 Å². The van der Waals surface area contributed by atoms with Gasteiger partial charge in [0.1, 0.15) is 10.6 Å². The Morgan fingerprint density at radius 1 is 1.21 bits per heavy atom. The van der Waals surface area contributed by atoms with Crippen molar-refractivity contribution in [1.29, 1.82) is 0 Å². The Balaban J connectivity index is 1.40. The van der Waals surface area contributed by atoms with E-state index in [1.807, 2.05) is 0 Å². The second kappa shape index (κ2) is 9.87. The van der Waals surface area contributed by atoms with Gasteiger partial charge < -0.3 is 19.9 Å². The summed E-state index contributed by atoms with van der Waals surface area (Å²) in [6.45, 7) is 7.80.